The van der Waals surface area contributed by atoms with Crippen LogP contribution in [0.5, 0.6) is 0 Å². The Morgan fingerprint density at radius 1 is 1.16 bits per heavy atom. The number of sulfonamides is 1. The number of nitrogens with zero attached hydrogens (tertiary/aromatic N) is 1. The van der Waals surface area contributed by atoms with Gasteiger partial charge in [-0.15, -0.1) is 0 Å². The number of carbonyl (C=O) groups is 1. The van der Waals surface area contributed by atoms with E-state index in [2.05, 4.69) is 5.32 Å². The summed E-state index contributed by atoms with van der Waals surface area (Å²) in [5.41, 5.74) is 2.59. The van der Waals surface area contributed by atoms with Crippen LogP contribution in [0.15, 0.2) is 47.4 Å². The highest BCUT2D eigenvalue weighted by Gasteiger charge is 2.28. The van der Waals surface area contributed by atoms with Crippen LogP contribution in [0.2, 0.25) is 0 Å². The molecule has 0 aromatic heterocycles. The van der Waals surface area contributed by atoms with E-state index in [1.165, 1.54) is 16.4 Å². The second kappa shape index (κ2) is 6.93. The summed E-state index contributed by atoms with van der Waals surface area (Å²) in [5.74, 6) is -0.564. The first kappa shape index (κ1) is 17.6. The predicted molar refractivity (Wildman–Crippen MR) is 93.1 cm³/mol. The Kier molecular flexibility index (Phi) is 4.87. The van der Waals surface area contributed by atoms with E-state index in [1.54, 1.807) is 6.92 Å². The minimum atomic E-state index is -3.68. The molecule has 0 fully saturated rings. The zero-order valence-corrected chi connectivity index (χ0v) is 14.6. The van der Waals surface area contributed by atoms with Gasteiger partial charge in [-0.2, -0.15) is 4.31 Å². The fourth-order valence-corrected chi connectivity index (χ4v) is 4.24. The number of amides is 1. The molecule has 7 heteroatoms. The van der Waals surface area contributed by atoms with E-state index in [0.29, 0.717) is 25.1 Å². The molecule has 0 saturated heterocycles. The molecule has 1 heterocycles. The molecular formula is C18H19FN2O3S. The third-order valence-corrected chi connectivity index (χ3v) is 6.10. The van der Waals surface area contributed by atoms with E-state index in [4.69, 9.17) is 0 Å². The molecule has 1 N–H and O–H groups in total. The molecule has 1 aliphatic rings. The first-order valence-corrected chi connectivity index (χ1v) is 9.51. The van der Waals surface area contributed by atoms with Gasteiger partial charge in [-0.25, -0.2) is 12.8 Å². The highest BCUT2D eigenvalue weighted by molar-refractivity contribution is 7.89. The van der Waals surface area contributed by atoms with Gasteiger partial charge >= 0.3 is 0 Å². The van der Waals surface area contributed by atoms with E-state index >= 15 is 0 Å². The highest BCUT2D eigenvalue weighted by Crippen LogP contribution is 2.27. The maximum atomic E-state index is 13.0. The topological polar surface area (TPSA) is 66.5 Å². The quantitative estimate of drug-likeness (QED) is 0.909. The van der Waals surface area contributed by atoms with Gasteiger partial charge in [0.25, 0.3) is 0 Å². The van der Waals surface area contributed by atoms with Crippen LogP contribution in [0, 0.1) is 5.82 Å². The number of carbonyl (C=O) groups excluding carboxylic acids is 1. The third-order valence-electron chi connectivity index (χ3n) is 4.24. The third kappa shape index (κ3) is 3.72. The lowest BCUT2D eigenvalue weighted by Gasteiger charge is -2.28. The summed E-state index contributed by atoms with van der Waals surface area (Å²) in [4.78, 5) is 11.6. The van der Waals surface area contributed by atoms with E-state index in [0.717, 1.165) is 23.3 Å². The summed E-state index contributed by atoms with van der Waals surface area (Å²) in [7, 11) is -3.68. The maximum absolute atomic E-state index is 13.0. The van der Waals surface area contributed by atoms with Crippen molar-refractivity contribution in [3.05, 3.63) is 59.4 Å². The molecular weight excluding hydrogens is 343 g/mol. The summed E-state index contributed by atoms with van der Waals surface area (Å²) in [6.07, 6.45) is 0.972. The SMILES string of the molecule is CCC(=O)Nc1ccc2c(c1)CN(S(=O)(=O)c1ccc(F)cc1)CC2. The lowest BCUT2D eigenvalue weighted by Crippen LogP contribution is -2.36. The minimum Gasteiger partial charge on any atom is -0.326 e. The number of rotatable bonds is 4. The Balaban J connectivity index is 1.85. The smallest absolute Gasteiger partial charge is 0.243 e. The van der Waals surface area contributed by atoms with Gasteiger partial charge in [-0.05, 0) is 53.9 Å². The van der Waals surface area contributed by atoms with Gasteiger partial charge in [-0.1, -0.05) is 13.0 Å². The zero-order chi connectivity index (χ0) is 18.0. The first-order valence-electron chi connectivity index (χ1n) is 8.07. The zero-order valence-electron chi connectivity index (χ0n) is 13.8. The summed E-state index contributed by atoms with van der Waals surface area (Å²) >= 11 is 0. The molecule has 0 bridgehead atoms. The number of anilines is 1. The van der Waals surface area contributed by atoms with Gasteiger partial charge in [0.15, 0.2) is 0 Å². The molecule has 0 spiro atoms. The average Bonchev–Trinajstić information content (AvgIpc) is 2.61. The number of hydrogen-bond acceptors (Lipinski definition) is 3. The number of nitrogens with one attached hydrogen (secondary N) is 1. The standard InChI is InChI=1S/C18H19FN2O3S/c1-2-18(22)20-16-6-3-13-9-10-21(12-14(13)11-16)25(23,24)17-7-4-15(19)5-8-17/h3-8,11H,2,9-10,12H2,1H3,(H,20,22). The van der Waals surface area contributed by atoms with Crippen LogP contribution in [-0.4, -0.2) is 25.2 Å². The van der Waals surface area contributed by atoms with E-state index < -0.39 is 15.8 Å². The molecule has 0 saturated carbocycles. The Labute approximate surface area is 146 Å². The van der Waals surface area contributed by atoms with Crippen LogP contribution in [-0.2, 0) is 27.8 Å². The predicted octanol–water partition coefficient (Wildman–Crippen LogP) is 2.92. The van der Waals surface area contributed by atoms with E-state index in [9.17, 15) is 17.6 Å². The summed E-state index contributed by atoms with van der Waals surface area (Å²) in [6.45, 7) is 2.36. The molecule has 1 amide bonds. The Bertz CT molecular complexity index is 895. The van der Waals surface area contributed by atoms with Gasteiger partial charge in [0.1, 0.15) is 5.82 Å². The Morgan fingerprint density at radius 2 is 1.88 bits per heavy atom. The minimum absolute atomic E-state index is 0.0767. The molecule has 3 rings (SSSR count). The molecule has 5 nitrogen and oxygen atoms in total. The van der Waals surface area contributed by atoms with Crippen molar-refractivity contribution in [2.75, 3.05) is 11.9 Å². The molecule has 132 valence electrons. The van der Waals surface area contributed by atoms with Crippen molar-refractivity contribution in [1.82, 2.24) is 4.31 Å². The van der Waals surface area contributed by atoms with Crippen molar-refractivity contribution in [2.24, 2.45) is 0 Å². The molecule has 1 aliphatic heterocycles. The molecule has 0 radical (unpaired) electrons. The van der Waals surface area contributed by atoms with Crippen molar-refractivity contribution < 1.29 is 17.6 Å². The second-order valence-corrected chi connectivity index (χ2v) is 7.87. The van der Waals surface area contributed by atoms with Gasteiger partial charge in [-0.3, -0.25) is 4.79 Å². The van der Waals surface area contributed by atoms with Crippen molar-refractivity contribution in [2.45, 2.75) is 31.2 Å². The Morgan fingerprint density at radius 3 is 2.56 bits per heavy atom. The lowest BCUT2D eigenvalue weighted by molar-refractivity contribution is -0.115. The summed E-state index contributed by atoms with van der Waals surface area (Å²) in [5, 5.41) is 2.78. The van der Waals surface area contributed by atoms with Crippen molar-refractivity contribution in [3.8, 4) is 0 Å². The number of hydrogen-bond donors (Lipinski definition) is 1. The van der Waals surface area contributed by atoms with Crippen molar-refractivity contribution in [3.63, 3.8) is 0 Å². The fourth-order valence-electron chi connectivity index (χ4n) is 2.82. The maximum Gasteiger partial charge on any atom is 0.243 e. The van der Waals surface area contributed by atoms with Gasteiger partial charge in [0.05, 0.1) is 4.90 Å². The molecule has 25 heavy (non-hydrogen) atoms. The van der Waals surface area contributed by atoms with Crippen LogP contribution >= 0.6 is 0 Å². The first-order chi connectivity index (χ1) is 11.9. The highest BCUT2D eigenvalue weighted by atomic mass is 32.2. The number of halogens is 1. The van der Waals surface area contributed by atoms with E-state index in [-0.39, 0.29) is 17.3 Å². The molecule has 0 unspecified atom stereocenters. The summed E-state index contributed by atoms with van der Waals surface area (Å²) < 4.78 is 39.9. The van der Waals surface area contributed by atoms with Crippen LogP contribution in [0.1, 0.15) is 24.5 Å². The van der Waals surface area contributed by atoms with E-state index in [1.807, 2.05) is 18.2 Å². The normalized spacial score (nSPS) is 14.8. The average molecular weight is 362 g/mol. The number of fused-ring (bicyclic) bond motifs is 1. The Hall–Kier alpha value is -2.25. The summed E-state index contributed by atoms with van der Waals surface area (Å²) in [6, 6.07) is 10.4. The number of benzene rings is 2. The van der Waals surface area contributed by atoms with Gasteiger partial charge in [0, 0.05) is 25.2 Å². The van der Waals surface area contributed by atoms with Crippen molar-refractivity contribution >= 4 is 21.6 Å². The largest absolute Gasteiger partial charge is 0.326 e. The molecule has 0 atom stereocenters. The molecule has 2 aromatic rings. The monoisotopic (exact) mass is 362 g/mol. The molecule has 2 aromatic carbocycles. The second-order valence-electron chi connectivity index (χ2n) is 5.93. The van der Waals surface area contributed by atoms with Crippen LogP contribution < -0.4 is 5.32 Å². The molecule has 0 aliphatic carbocycles. The van der Waals surface area contributed by atoms with Gasteiger partial charge in [0.2, 0.25) is 15.9 Å². The van der Waals surface area contributed by atoms with Crippen LogP contribution in [0.25, 0.3) is 0 Å². The fraction of sp³-hybridized carbons (Fsp3) is 0.278. The van der Waals surface area contributed by atoms with Gasteiger partial charge < -0.3 is 5.32 Å². The van der Waals surface area contributed by atoms with Crippen molar-refractivity contribution in [1.29, 1.82) is 0 Å². The van der Waals surface area contributed by atoms with Crippen LogP contribution in [0.4, 0.5) is 10.1 Å². The van der Waals surface area contributed by atoms with Crippen LogP contribution in [0.3, 0.4) is 0 Å². The lowest BCUT2D eigenvalue weighted by atomic mass is 10.0.